The Morgan fingerprint density at radius 3 is 2.64 bits per heavy atom. The molecule has 2 aromatic heterocycles. The highest BCUT2D eigenvalue weighted by Crippen LogP contribution is 2.14. The number of rotatable bonds is 8. The molecule has 28 heavy (non-hydrogen) atoms. The van der Waals surface area contributed by atoms with Gasteiger partial charge in [-0.2, -0.15) is 9.78 Å². The largest absolute Gasteiger partial charge is 0.382 e. The summed E-state index contributed by atoms with van der Waals surface area (Å²) in [4.78, 5) is 43.4. The molecule has 10 nitrogen and oxygen atoms in total. The van der Waals surface area contributed by atoms with Crippen molar-refractivity contribution in [2.75, 3.05) is 25.1 Å². The number of amides is 2. The number of carbonyl (C=O) groups excluding carboxylic acids is 2. The molecule has 152 valence electrons. The first-order chi connectivity index (χ1) is 13.4. The highest BCUT2D eigenvalue weighted by Gasteiger charge is 2.18. The molecule has 2 heterocycles. The zero-order valence-corrected chi connectivity index (χ0v) is 16.6. The molecule has 10 heteroatoms. The van der Waals surface area contributed by atoms with Gasteiger partial charge < -0.3 is 15.4 Å². The van der Waals surface area contributed by atoms with Crippen molar-refractivity contribution < 1.29 is 14.3 Å². The van der Waals surface area contributed by atoms with Crippen LogP contribution in [0.15, 0.2) is 10.9 Å². The molecule has 0 aromatic carbocycles. The molecule has 0 aliphatic heterocycles. The van der Waals surface area contributed by atoms with Crippen LogP contribution in [0.2, 0.25) is 0 Å². The molecule has 0 spiro atoms. The molecule has 0 aliphatic carbocycles. The molecular formula is C18H26N6O4. The van der Waals surface area contributed by atoms with Gasteiger partial charge in [-0.05, 0) is 33.6 Å². The monoisotopic (exact) mass is 390 g/mol. The molecule has 0 radical (unpaired) electrons. The number of nitrogens with zero attached hydrogens (tertiary/aromatic N) is 3. The molecule has 2 amide bonds. The Morgan fingerprint density at radius 1 is 1.25 bits per heavy atom. The Labute approximate surface area is 162 Å². The lowest BCUT2D eigenvalue weighted by molar-refractivity contribution is -0.136. The van der Waals surface area contributed by atoms with Crippen molar-refractivity contribution in [1.29, 1.82) is 0 Å². The van der Waals surface area contributed by atoms with Crippen LogP contribution in [-0.4, -0.2) is 51.3 Å². The topological polar surface area (TPSA) is 131 Å². The van der Waals surface area contributed by atoms with Crippen molar-refractivity contribution in [3.8, 4) is 5.95 Å². The standard InChI is InChI=1S/C18H26N6O4/c1-5-13-12(4)20-18(22-15(13)25)24-14(10-11(3)23-24)21-17(27)16(26)19-8-7-9-28-6-2/h10H,5-9H2,1-4H3,(H,19,26)(H,21,27)(H,20,22,25). The zero-order chi connectivity index (χ0) is 20.7. The van der Waals surface area contributed by atoms with Crippen LogP contribution in [0.3, 0.4) is 0 Å². The number of aromatic nitrogens is 4. The maximum absolute atomic E-state index is 12.2. The highest BCUT2D eigenvalue weighted by molar-refractivity contribution is 6.39. The van der Waals surface area contributed by atoms with Crippen LogP contribution in [0.4, 0.5) is 5.82 Å². The number of ether oxygens (including phenoxy) is 1. The molecule has 0 atom stereocenters. The predicted octanol–water partition coefficient (Wildman–Crippen LogP) is 0.616. The third-order valence-electron chi connectivity index (χ3n) is 4.00. The number of nitrogens with one attached hydrogen (secondary N) is 3. The summed E-state index contributed by atoms with van der Waals surface area (Å²) in [6.07, 6.45) is 1.16. The van der Waals surface area contributed by atoms with Crippen molar-refractivity contribution in [3.05, 3.63) is 33.4 Å². The number of aryl methyl sites for hydroxylation is 2. The van der Waals surface area contributed by atoms with Gasteiger partial charge in [0.2, 0.25) is 5.95 Å². The fraction of sp³-hybridized carbons (Fsp3) is 0.500. The van der Waals surface area contributed by atoms with Gasteiger partial charge in [0.25, 0.3) is 5.56 Å². The average molecular weight is 390 g/mol. The van der Waals surface area contributed by atoms with E-state index in [0.29, 0.717) is 49.6 Å². The fourth-order valence-corrected chi connectivity index (χ4v) is 2.64. The van der Waals surface area contributed by atoms with Gasteiger partial charge in [-0.15, -0.1) is 0 Å². The van der Waals surface area contributed by atoms with Crippen molar-refractivity contribution >= 4 is 17.6 Å². The second-order valence-corrected chi connectivity index (χ2v) is 6.15. The molecule has 0 bridgehead atoms. The second-order valence-electron chi connectivity index (χ2n) is 6.15. The summed E-state index contributed by atoms with van der Waals surface area (Å²) < 4.78 is 6.47. The minimum absolute atomic E-state index is 0.167. The van der Waals surface area contributed by atoms with Gasteiger partial charge in [0.1, 0.15) is 5.82 Å². The quantitative estimate of drug-likeness (QED) is 0.447. The molecule has 0 saturated heterocycles. The van der Waals surface area contributed by atoms with Crippen LogP contribution in [0.5, 0.6) is 0 Å². The van der Waals surface area contributed by atoms with Crippen LogP contribution in [-0.2, 0) is 20.7 Å². The van der Waals surface area contributed by atoms with E-state index in [1.165, 1.54) is 4.68 Å². The van der Waals surface area contributed by atoms with E-state index in [1.807, 2.05) is 13.8 Å². The van der Waals surface area contributed by atoms with E-state index >= 15 is 0 Å². The average Bonchev–Trinajstić information content (AvgIpc) is 3.01. The van der Waals surface area contributed by atoms with Crippen molar-refractivity contribution in [2.24, 2.45) is 0 Å². The second kappa shape index (κ2) is 9.79. The summed E-state index contributed by atoms with van der Waals surface area (Å²) in [6.45, 7) is 8.67. The molecular weight excluding hydrogens is 364 g/mol. The maximum atomic E-state index is 12.2. The van der Waals surface area contributed by atoms with Crippen LogP contribution in [0, 0.1) is 13.8 Å². The molecule has 0 aliphatic rings. The van der Waals surface area contributed by atoms with Gasteiger partial charge in [-0.1, -0.05) is 6.92 Å². The van der Waals surface area contributed by atoms with E-state index in [2.05, 4.69) is 25.7 Å². The van der Waals surface area contributed by atoms with Gasteiger partial charge in [0.15, 0.2) is 0 Å². The third-order valence-corrected chi connectivity index (χ3v) is 4.00. The normalized spacial score (nSPS) is 10.7. The van der Waals surface area contributed by atoms with E-state index in [0.717, 1.165) is 0 Å². The Morgan fingerprint density at radius 2 is 2.00 bits per heavy atom. The Bertz CT molecular complexity index is 902. The lowest BCUT2D eigenvalue weighted by Crippen LogP contribution is -2.36. The number of anilines is 1. The summed E-state index contributed by atoms with van der Waals surface area (Å²) in [5, 5.41) is 9.28. The van der Waals surface area contributed by atoms with Crippen molar-refractivity contribution in [3.63, 3.8) is 0 Å². The summed E-state index contributed by atoms with van der Waals surface area (Å²) in [7, 11) is 0. The van der Waals surface area contributed by atoms with Crippen molar-refractivity contribution in [2.45, 2.75) is 40.5 Å². The van der Waals surface area contributed by atoms with Crippen LogP contribution < -0.4 is 16.2 Å². The molecule has 0 unspecified atom stereocenters. The van der Waals surface area contributed by atoms with Gasteiger partial charge >= 0.3 is 11.8 Å². The molecule has 2 aromatic rings. The summed E-state index contributed by atoms with van der Waals surface area (Å²) >= 11 is 0. The van der Waals surface area contributed by atoms with Gasteiger partial charge in [0.05, 0.1) is 5.69 Å². The van der Waals surface area contributed by atoms with Crippen molar-refractivity contribution in [1.82, 2.24) is 25.1 Å². The van der Waals surface area contributed by atoms with E-state index in [-0.39, 0.29) is 17.3 Å². The SMILES string of the molecule is CCOCCCNC(=O)C(=O)Nc1cc(C)nn1-c1nc(C)c(CC)c(=O)[nH]1. The molecule has 3 N–H and O–H groups in total. The summed E-state index contributed by atoms with van der Waals surface area (Å²) in [5.41, 5.74) is 1.50. The first kappa shape index (κ1) is 21.3. The molecule has 0 saturated carbocycles. The fourth-order valence-electron chi connectivity index (χ4n) is 2.64. The van der Waals surface area contributed by atoms with Crippen LogP contribution in [0.25, 0.3) is 5.95 Å². The Kier molecular flexibility index (Phi) is 7.44. The number of H-pyrrole nitrogens is 1. The number of carbonyl (C=O) groups is 2. The minimum atomic E-state index is -0.832. The minimum Gasteiger partial charge on any atom is -0.382 e. The van der Waals surface area contributed by atoms with E-state index in [4.69, 9.17) is 4.74 Å². The Balaban J connectivity index is 2.13. The summed E-state index contributed by atoms with van der Waals surface area (Å²) in [6, 6.07) is 1.59. The van der Waals surface area contributed by atoms with Gasteiger partial charge in [-0.3, -0.25) is 19.4 Å². The molecule has 0 fully saturated rings. The third kappa shape index (κ3) is 5.26. The Hall–Kier alpha value is -3.01. The van der Waals surface area contributed by atoms with Gasteiger partial charge in [-0.25, -0.2) is 4.98 Å². The van der Waals surface area contributed by atoms with E-state index < -0.39 is 11.8 Å². The van der Waals surface area contributed by atoms with Gasteiger partial charge in [0, 0.05) is 37.1 Å². The number of aromatic amines is 1. The maximum Gasteiger partial charge on any atom is 0.314 e. The number of hydrogen-bond acceptors (Lipinski definition) is 6. The predicted molar refractivity (Wildman–Crippen MR) is 104 cm³/mol. The number of hydrogen-bond donors (Lipinski definition) is 3. The first-order valence-corrected chi connectivity index (χ1v) is 9.21. The highest BCUT2D eigenvalue weighted by atomic mass is 16.5. The smallest absolute Gasteiger partial charge is 0.314 e. The lowest BCUT2D eigenvalue weighted by atomic mass is 10.2. The zero-order valence-electron chi connectivity index (χ0n) is 16.6. The molecule has 2 rings (SSSR count). The van der Waals surface area contributed by atoms with Crippen LogP contribution in [0.1, 0.15) is 37.2 Å². The van der Waals surface area contributed by atoms with E-state index in [1.54, 1.807) is 19.9 Å². The van der Waals surface area contributed by atoms with E-state index in [9.17, 15) is 14.4 Å². The first-order valence-electron chi connectivity index (χ1n) is 9.21. The van der Waals surface area contributed by atoms with Crippen LogP contribution >= 0.6 is 0 Å². The summed E-state index contributed by atoms with van der Waals surface area (Å²) in [5.74, 6) is -1.19. The lowest BCUT2D eigenvalue weighted by Gasteiger charge is -2.10.